The van der Waals surface area contributed by atoms with Crippen molar-refractivity contribution in [2.24, 2.45) is 0 Å². The number of hydrogen-bond acceptors (Lipinski definition) is 1. The van der Waals surface area contributed by atoms with Crippen molar-refractivity contribution >= 4 is 0 Å². The highest BCUT2D eigenvalue weighted by atomic mass is 19.4. The maximum atomic E-state index is 13.6. The number of hydrogen-bond donors (Lipinski definition) is 0. The van der Waals surface area contributed by atoms with Gasteiger partial charge in [0.15, 0.2) is 0 Å². The van der Waals surface area contributed by atoms with Crippen LogP contribution >= 0.6 is 0 Å². The quantitative estimate of drug-likeness (QED) is 0.617. The van der Waals surface area contributed by atoms with Gasteiger partial charge in [0.2, 0.25) is 0 Å². The predicted octanol–water partition coefficient (Wildman–Crippen LogP) is 5.33. The second kappa shape index (κ2) is 7.62. The fourth-order valence-corrected chi connectivity index (χ4v) is 2.13. The zero-order valence-corrected chi connectivity index (χ0v) is 11.8. The molecule has 5 heteroatoms. The van der Waals surface area contributed by atoms with E-state index in [4.69, 9.17) is 4.74 Å². The van der Waals surface area contributed by atoms with E-state index in [9.17, 15) is 17.6 Å². The Morgan fingerprint density at radius 1 is 1.10 bits per heavy atom. The lowest BCUT2D eigenvalue weighted by molar-refractivity contribution is -0.139. The third kappa shape index (κ3) is 4.78. The molecule has 114 valence electrons. The van der Waals surface area contributed by atoms with Gasteiger partial charge in [-0.1, -0.05) is 32.8 Å². The zero-order chi connectivity index (χ0) is 15.2. The summed E-state index contributed by atoms with van der Waals surface area (Å²) in [5.41, 5.74) is -1.36. The highest BCUT2D eigenvalue weighted by Crippen LogP contribution is 2.33. The van der Waals surface area contributed by atoms with Crippen LogP contribution in [0.5, 0.6) is 0 Å². The Morgan fingerprint density at radius 2 is 1.70 bits per heavy atom. The topological polar surface area (TPSA) is 9.23 Å². The van der Waals surface area contributed by atoms with Crippen LogP contribution in [-0.4, -0.2) is 6.10 Å². The molecule has 0 aromatic heterocycles. The molecule has 0 heterocycles. The van der Waals surface area contributed by atoms with Gasteiger partial charge in [0.25, 0.3) is 0 Å². The van der Waals surface area contributed by atoms with Gasteiger partial charge in [-0.05, 0) is 25.0 Å². The van der Waals surface area contributed by atoms with E-state index in [0.29, 0.717) is 0 Å². The molecule has 0 fully saturated rings. The van der Waals surface area contributed by atoms with Crippen LogP contribution in [0.4, 0.5) is 17.6 Å². The molecule has 1 aromatic rings. The largest absolute Gasteiger partial charge is 0.416 e. The minimum atomic E-state index is -4.56. The van der Waals surface area contributed by atoms with E-state index in [1.807, 2.05) is 13.8 Å². The minimum Gasteiger partial charge on any atom is -0.373 e. The molecule has 20 heavy (non-hydrogen) atoms. The summed E-state index contributed by atoms with van der Waals surface area (Å²) in [5, 5.41) is 0. The highest BCUT2D eigenvalue weighted by molar-refractivity contribution is 5.30. The van der Waals surface area contributed by atoms with Gasteiger partial charge in [-0.2, -0.15) is 13.2 Å². The molecule has 0 aliphatic rings. The van der Waals surface area contributed by atoms with Crippen molar-refractivity contribution in [3.63, 3.8) is 0 Å². The van der Waals surface area contributed by atoms with Crippen LogP contribution in [0, 0.1) is 5.82 Å². The van der Waals surface area contributed by atoms with E-state index < -0.39 is 23.1 Å². The van der Waals surface area contributed by atoms with Crippen molar-refractivity contribution in [2.75, 3.05) is 0 Å². The summed E-state index contributed by atoms with van der Waals surface area (Å²) >= 11 is 0. The molecule has 0 atom stereocenters. The first-order valence-corrected chi connectivity index (χ1v) is 6.86. The van der Waals surface area contributed by atoms with Crippen molar-refractivity contribution < 1.29 is 22.3 Å². The van der Waals surface area contributed by atoms with Crippen molar-refractivity contribution in [3.05, 3.63) is 35.1 Å². The van der Waals surface area contributed by atoms with Gasteiger partial charge in [-0.15, -0.1) is 0 Å². The van der Waals surface area contributed by atoms with E-state index >= 15 is 0 Å². The van der Waals surface area contributed by atoms with E-state index in [1.54, 1.807) is 0 Å². The molecule has 0 spiro atoms. The minimum absolute atomic E-state index is 0.120. The Hall–Kier alpha value is -1.10. The van der Waals surface area contributed by atoms with Gasteiger partial charge in [0.05, 0.1) is 18.3 Å². The van der Waals surface area contributed by atoms with Gasteiger partial charge in [-0.3, -0.25) is 0 Å². The van der Waals surface area contributed by atoms with E-state index in [2.05, 4.69) is 0 Å². The fourth-order valence-electron chi connectivity index (χ4n) is 2.13. The average Bonchev–Trinajstić information content (AvgIpc) is 2.36. The number of rotatable bonds is 7. The summed E-state index contributed by atoms with van der Waals surface area (Å²) in [6.07, 6.45) is -1.38. The Balaban J connectivity index is 2.86. The van der Waals surface area contributed by atoms with Gasteiger partial charge in [0.1, 0.15) is 5.82 Å². The van der Waals surface area contributed by atoms with Gasteiger partial charge < -0.3 is 4.74 Å². The lowest BCUT2D eigenvalue weighted by atomic mass is 10.1. The second-order valence-electron chi connectivity index (χ2n) is 4.77. The molecule has 0 radical (unpaired) electrons. The van der Waals surface area contributed by atoms with Gasteiger partial charge >= 0.3 is 6.18 Å². The smallest absolute Gasteiger partial charge is 0.373 e. The fraction of sp³-hybridized carbons (Fsp3) is 0.600. The average molecular weight is 292 g/mol. The van der Waals surface area contributed by atoms with Crippen LogP contribution < -0.4 is 0 Å². The number of alkyl halides is 3. The first-order chi connectivity index (χ1) is 9.40. The molecule has 0 saturated carbocycles. The summed E-state index contributed by atoms with van der Waals surface area (Å²) in [6.45, 7) is 3.62. The van der Waals surface area contributed by atoms with Crippen LogP contribution in [0.3, 0.4) is 0 Å². The highest BCUT2D eigenvalue weighted by Gasteiger charge is 2.34. The Kier molecular flexibility index (Phi) is 6.46. The summed E-state index contributed by atoms with van der Waals surface area (Å²) in [5.74, 6) is -0.869. The predicted molar refractivity (Wildman–Crippen MR) is 69.8 cm³/mol. The number of benzene rings is 1. The summed E-state index contributed by atoms with van der Waals surface area (Å²) < 4.78 is 57.6. The maximum Gasteiger partial charge on any atom is 0.416 e. The lowest BCUT2D eigenvalue weighted by Crippen LogP contribution is -2.16. The molecule has 0 bridgehead atoms. The molecule has 1 aromatic carbocycles. The first-order valence-electron chi connectivity index (χ1n) is 6.86. The summed E-state index contributed by atoms with van der Waals surface area (Å²) in [4.78, 5) is 0. The van der Waals surface area contributed by atoms with Crippen molar-refractivity contribution in [2.45, 2.75) is 58.4 Å². The SMILES string of the molecule is CCCC(CCC)OCc1c(F)cccc1C(F)(F)F. The van der Waals surface area contributed by atoms with E-state index in [0.717, 1.165) is 43.9 Å². The molecular weight excluding hydrogens is 272 g/mol. The van der Waals surface area contributed by atoms with Crippen LogP contribution in [0.15, 0.2) is 18.2 Å². The third-order valence-electron chi connectivity index (χ3n) is 3.11. The van der Waals surface area contributed by atoms with Crippen LogP contribution in [-0.2, 0) is 17.5 Å². The molecule has 0 N–H and O–H groups in total. The second-order valence-corrected chi connectivity index (χ2v) is 4.77. The standard InChI is InChI=1S/C15H20F4O/c1-3-6-11(7-4-2)20-10-12-13(15(17,18)19)8-5-9-14(12)16/h5,8-9,11H,3-4,6-7,10H2,1-2H3. The summed E-state index contributed by atoms with van der Waals surface area (Å²) in [6, 6.07) is 2.98. The maximum absolute atomic E-state index is 13.6. The molecular formula is C15H20F4O. The Bertz CT molecular complexity index is 409. The van der Waals surface area contributed by atoms with Gasteiger partial charge in [0, 0.05) is 5.56 Å². The zero-order valence-electron chi connectivity index (χ0n) is 11.8. The third-order valence-corrected chi connectivity index (χ3v) is 3.11. The monoisotopic (exact) mass is 292 g/mol. The lowest BCUT2D eigenvalue weighted by Gasteiger charge is -2.19. The molecule has 0 aliphatic heterocycles. The first kappa shape index (κ1) is 17.0. The summed E-state index contributed by atoms with van der Waals surface area (Å²) in [7, 11) is 0. The Labute approximate surface area is 116 Å². The van der Waals surface area contributed by atoms with Crippen molar-refractivity contribution in [1.82, 2.24) is 0 Å². The number of halogens is 4. The van der Waals surface area contributed by atoms with Crippen LogP contribution in [0.2, 0.25) is 0 Å². The molecule has 0 unspecified atom stereocenters. The molecule has 1 rings (SSSR count). The Morgan fingerprint density at radius 3 is 2.20 bits per heavy atom. The van der Waals surface area contributed by atoms with Crippen LogP contribution in [0.25, 0.3) is 0 Å². The molecule has 0 saturated heterocycles. The van der Waals surface area contributed by atoms with Crippen LogP contribution in [0.1, 0.15) is 50.7 Å². The van der Waals surface area contributed by atoms with Crippen molar-refractivity contribution in [3.8, 4) is 0 Å². The van der Waals surface area contributed by atoms with E-state index in [1.165, 1.54) is 0 Å². The molecule has 0 aliphatic carbocycles. The van der Waals surface area contributed by atoms with E-state index in [-0.39, 0.29) is 12.7 Å². The molecule has 0 amide bonds. The molecule has 1 nitrogen and oxygen atoms in total. The number of ether oxygens (including phenoxy) is 1. The van der Waals surface area contributed by atoms with Crippen molar-refractivity contribution in [1.29, 1.82) is 0 Å². The van der Waals surface area contributed by atoms with Gasteiger partial charge in [-0.25, -0.2) is 4.39 Å². The normalized spacial score (nSPS) is 12.2.